The van der Waals surface area contributed by atoms with E-state index >= 15 is 0 Å². The third kappa shape index (κ3) is 4.47. The summed E-state index contributed by atoms with van der Waals surface area (Å²) in [5, 5.41) is 13.6. The summed E-state index contributed by atoms with van der Waals surface area (Å²) in [5.74, 6) is 1.47. The quantitative estimate of drug-likeness (QED) is 0.445. The molecule has 0 bridgehead atoms. The van der Waals surface area contributed by atoms with Gasteiger partial charge >= 0.3 is 0 Å². The molecule has 0 unspecified atom stereocenters. The van der Waals surface area contributed by atoms with Crippen molar-refractivity contribution in [3.63, 3.8) is 0 Å². The lowest BCUT2D eigenvalue weighted by Crippen LogP contribution is -2.21. The highest BCUT2D eigenvalue weighted by Gasteiger charge is 2.13. The number of anilines is 2. The molecule has 3 rings (SSSR count). The SMILES string of the molecule is C[C@H](CO)Nc1nc(SCc2cccc(Cl)c2)nc2nc(N)cnc12. The topological polar surface area (TPSA) is 110 Å². The Hall–Kier alpha value is -2.16. The number of nitrogens with two attached hydrogens (primary N) is 1. The molecule has 0 saturated carbocycles. The van der Waals surface area contributed by atoms with Gasteiger partial charge in [0, 0.05) is 16.8 Å². The highest BCUT2D eigenvalue weighted by atomic mass is 35.5. The fraction of sp³-hybridized carbons (Fsp3) is 0.250. The van der Waals surface area contributed by atoms with Gasteiger partial charge in [0.25, 0.3) is 0 Å². The predicted molar refractivity (Wildman–Crippen MR) is 101 cm³/mol. The number of hydrogen-bond acceptors (Lipinski definition) is 8. The van der Waals surface area contributed by atoms with E-state index in [1.165, 1.54) is 18.0 Å². The Morgan fingerprint density at radius 1 is 1.32 bits per heavy atom. The number of hydrogen-bond donors (Lipinski definition) is 3. The summed E-state index contributed by atoms with van der Waals surface area (Å²) >= 11 is 7.47. The van der Waals surface area contributed by atoms with Gasteiger partial charge in [0.05, 0.1) is 12.8 Å². The number of fused-ring (bicyclic) bond motifs is 1. The second-order valence-electron chi connectivity index (χ2n) is 5.47. The van der Waals surface area contributed by atoms with Crippen LogP contribution in [0.1, 0.15) is 12.5 Å². The number of aromatic nitrogens is 4. The zero-order valence-electron chi connectivity index (χ0n) is 13.5. The van der Waals surface area contributed by atoms with Crippen molar-refractivity contribution in [1.29, 1.82) is 0 Å². The minimum atomic E-state index is -0.178. The number of benzene rings is 1. The van der Waals surface area contributed by atoms with E-state index in [2.05, 4.69) is 25.3 Å². The number of nitrogens with zero attached hydrogens (tertiary/aromatic N) is 4. The molecule has 7 nitrogen and oxygen atoms in total. The molecule has 4 N–H and O–H groups in total. The Kier molecular flexibility index (Phi) is 5.52. The van der Waals surface area contributed by atoms with E-state index < -0.39 is 0 Å². The third-order valence-corrected chi connectivity index (χ3v) is 4.47. The van der Waals surface area contributed by atoms with E-state index in [0.717, 1.165) is 5.56 Å². The average Bonchev–Trinajstić information content (AvgIpc) is 2.59. The smallest absolute Gasteiger partial charge is 0.192 e. The molecular weight excluding hydrogens is 360 g/mol. The monoisotopic (exact) mass is 376 g/mol. The first-order valence-electron chi connectivity index (χ1n) is 7.60. The molecule has 0 saturated heterocycles. The summed E-state index contributed by atoms with van der Waals surface area (Å²) in [5.41, 5.74) is 7.71. The van der Waals surface area contributed by atoms with E-state index in [1.807, 2.05) is 31.2 Å². The number of aliphatic hydroxyl groups is 1. The lowest BCUT2D eigenvalue weighted by atomic mass is 10.2. The molecule has 0 spiro atoms. The fourth-order valence-electron chi connectivity index (χ4n) is 2.12. The van der Waals surface area contributed by atoms with Gasteiger partial charge in [0.1, 0.15) is 5.82 Å². The molecule has 0 fully saturated rings. The molecule has 0 aliphatic rings. The van der Waals surface area contributed by atoms with Crippen LogP contribution in [-0.2, 0) is 5.75 Å². The van der Waals surface area contributed by atoms with Crippen LogP contribution in [0.5, 0.6) is 0 Å². The maximum atomic E-state index is 9.28. The summed E-state index contributed by atoms with van der Waals surface area (Å²) in [4.78, 5) is 17.4. The standard InChI is InChI=1S/C16H17ClN6OS/c1-9(7-24)20-14-13-15(21-12(18)6-19-13)23-16(22-14)25-8-10-3-2-4-11(17)5-10/h2-6,9,24H,7-8H2,1H3,(H3,18,20,21,22,23)/t9-/m1/s1. The maximum absolute atomic E-state index is 9.28. The number of nitrogen functional groups attached to an aromatic ring is 1. The first kappa shape index (κ1) is 17.7. The van der Waals surface area contributed by atoms with Crippen LogP contribution in [0.15, 0.2) is 35.6 Å². The van der Waals surface area contributed by atoms with Crippen LogP contribution in [0.2, 0.25) is 5.02 Å². The number of aliphatic hydroxyl groups excluding tert-OH is 1. The van der Waals surface area contributed by atoms with Crippen molar-refractivity contribution >= 4 is 46.2 Å². The number of thioether (sulfide) groups is 1. The lowest BCUT2D eigenvalue weighted by Gasteiger charge is -2.13. The van der Waals surface area contributed by atoms with Gasteiger partial charge in [0.2, 0.25) is 0 Å². The Morgan fingerprint density at radius 2 is 2.16 bits per heavy atom. The van der Waals surface area contributed by atoms with Crippen molar-refractivity contribution in [3.05, 3.63) is 41.0 Å². The van der Waals surface area contributed by atoms with Crippen LogP contribution >= 0.6 is 23.4 Å². The third-order valence-electron chi connectivity index (χ3n) is 3.32. The molecule has 25 heavy (non-hydrogen) atoms. The van der Waals surface area contributed by atoms with Crippen LogP contribution in [-0.4, -0.2) is 37.7 Å². The van der Waals surface area contributed by atoms with E-state index in [0.29, 0.717) is 32.9 Å². The normalized spacial score (nSPS) is 12.3. The number of nitrogens with one attached hydrogen (secondary N) is 1. The van der Waals surface area contributed by atoms with Gasteiger partial charge in [-0.1, -0.05) is 35.5 Å². The minimum Gasteiger partial charge on any atom is -0.394 e. The highest BCUT2D eigenvalue weighted by Crippen LogP contribution is 2.26. The van der Waals surface area contributed by atoms with Crippen molar-refractivity contribution in [2.75, 3.05) is 17.7 Å². The first-order chi connectivity index (χ1) is 12.0. The highest BCUT2D eigenvalue weighted by molar-refractivity contribution is 7.98. The molecule has 1 atom stereocenters. The van der Waals surface area contributed by atoms with Crippen LogP contribution in [0.4, 0.5) is 11.6 Å². The molecule has 9 heteroatoms. The summed E-state index contributed by atoms with van der Waals surface area (Å²) in [6.07, 6.45) is 1.46. The van der Waals surface area contributed by atoms with Crippen LogP contribution in [0, 0.1) is 0 Å². The van der Waals surface area contributed by atoms with Crippen LogP contribution < -0.4 is 11.1 Å². The van der Waals surface area contributed by atoms with Crippen LogP contribution in [0.25, 0.3) is 11.2 Å². The summed E-state index contributed by atoms with van der Waals surface area (Å²) in [6.45, 7) is 1.82. The van der Waals surface area contributed by atoms with Gasteiger partial charge in [-0.15, -0.1) is 0 Å². The van der Waals surface area contributed by atoms with E-state index in [-0.39, 0.29) is 18.5 Å². The van der Waals surface area contributed by atoms with Crippen molar-refractivity contribution in [2.45, 2.75) is 23.9 Å². The molecule has 0 aliphatic heterocycles. The van der Waals surface area contributed by atoms with E-state index in [9.17, 15) is 5.11 Å². The van der Waals surface area contributed by atoms with Crippen molar-refractivity contribution in [2.24, 2.45) is 0 Å². The van der Waals surface area contributed by atoms with Crippen molar-refractivity contribution in [3.8, 4) is 0 Å². The fourth-order valence-corrected chi connectivity index (χ4v) is 3.12. The molecule has 2 aromatic heterocycles. The zero-order chi connectivity index (χ0) is 17.8. The molecule has 1 aromatic carbocycles. The van der Waals surface area contributed by atoms with Gasteiger partial charge in [0.15, 0.2) is 22.1 Å². The molecule has 3 aromatic rings. The lowest BCUT2D eigenvalue weighted by molar-refractivity contribution is 0.281. The van der Waals surface area contributed by atoms with Gasteiger partial charge in [-0.2, -0.15) is 0 Å². The van der Waals surface area contributed by atoms with Crippen LogP contribution in [0.3, 0.4) is 0 Å². The molecule has 130 valence electrons. The Morgan fingerprint density at radius 3 is 2.92 bits per heavy atom. The number of rotatable bonds is 6. The minimum absolute atomic E-state index is 0.0289. The van der Waals surface area contributed by atoms with Crippen molar-refractivity contribution in [1.82, 2.24) is 19.9 Å². The Bertz CT molecular complexity index is 894. The Balaban J connectivity index is 1.91. The summed E-state index contributed by atoms with van der Waals surface area (Å²) < 4.78 is 0. The van der Waals surface area contributed by atoms with E-state index in [4.69, 9.17) is 17.3 Å². The second-order valence-corrected chi connectivity index (χ2v) is 6.85. The molecule has 0 amide bonds. The van der Waals surface area contributed by atoms with Gasteiger partial charge < -0.3 is 16.2 Å². The van der Waals surface area contributed by atoms with Gasteiger partial charge in [-0.05, 0) is 24.6 Å². The molecule has 0 radical (unpaired) electrons. The predicted octanol–water partition coefficient (Wildman–Crippen LogP) is 2.74. The van der Waals surface area contributed by atoms with Gasteiger partial charge in [-0.3, -0.25) is 0 Å². The maximum Gasteiger partial charge on any atom is 0.192 e. The zero-order valence-corrected chi connectivity index (χ0v) is 15.1. The summed E-state index contributed by atoms with van der Waals surface area (Å²) in [7, 11) is 0. The molecule has 2 heterocycles. The van der Waals surface area contributed by atoms with Gasteiger partial charge in [-0.25, -0.2) is 19.9 Å². The number of halogens is 1. The molecular formula is C16H17ClN6OS. The second kappa shape index (κ2) is 7.81. The average molecular weight is 377 g/mol. The Labute approximate surface area is 154 Å². The van der Waals surface area contributed by atoms with E-state index in [1.54, 1.807) is 0 Å². The summed E-state index contributed by atoms with van der Waals surface area (Å²) in [6, 6.07) is 7.45. The van der Waals surface area contributed by atoms with Crippen molar-refractivity contribution < 1.29 is 5.11 Å². The first-order valence-corrected chi connectivity index (χ1v) is 8.96. The molecule has 0 aliphatic carbocycles. The largest absolute Gasteiger partial charge is 0.394 e.